The van der Waals surface area contributed by atoms with Crippen LogP contribution in [0.1, 0.15) is 11.1 Å². The van der Waals surface area contributed by atoms with E-state index in [2.05, 4.69) is 27.3 Å². The van der Waals surface area contributed by atoms with Crippen molar-refractivity contribution < 1.29 is 9.13 Å². The van der Waals surface area contributed by atoms with Gasteiger partial charge < -0.3 is 10.1 Å². The van der Waals surface area contributed by atoms with Crippen LogP contribution in [0.25, 0.3) is 0 Å². The fourth-order valence-electron chi connectivity index (χ4n) is 1.82. The molecular formula is C15H15BrFNO. The first kappa shape index (κ1) is 14.0. The van der Waals surface area contributed by atoms with Crippen LogP contribution in [0.4, 0.5) is 4.39 Å². The lowest BCUT2D eigenvalue weighted by atomic mass is 10.1. The fraction of sp³-hybridized carbons (Fsp3) is 0.200. The summed E-state index contributed by atoms with van der Waals surface area (Å²) in [5.41, 5.74) is 2.24. The molecule has 0 radical (unpaired) electrons. The molecule has 0 aliphatic rings. The summed E-state index contributed by atoms with van der Waals surface area (Å²) in [7, 11) is 1.91. The van der Waals surface area contributed by atoms with Gasteiger partial charge in [-0.25, -0.2) is 4.39 Å². The van der Waals surface area contributed by atoms with Gasteiger partial charge in [-0.15, -0.1) is 0 Å². The van der Waals surface area contributed by atoms with E-state index in [4.69, 9.17) is 4.74 Å². The molecule has 0 atom stereocenters. The zero-order valence-electron chi connectivity index (χ0n) is 10.8. The number of ether oxygens (including phenoxy) is 1. The smallest absolute Gasteiger partial charge is 0.141 e. The van der Waals surface area contributed by atoms with Crippen LogP contribution < -0.4 is 10.1 Å². The maximum Gasteiger partial charge on any atom is 0.141 e. The second kappa shape index (κ2) is 6.17. The summed E-state index contributed by atoms with van der Waals surface area (Å²) >= 11 is 3.29. The van der Waals surface area contributed by atoms with Crippen molar-refractivity contribution in [2.24, 2.45) is 0 Å². The fourth-order valence-corrected chi connectivity index (χ4v) is 2.25. The van der Waals surface area contributed by atoms with Crippen LogP contribution in [0.15, 0.2) is 40.9 Å². The molecule has 0 bridgehead atoms. The minimum Gasteiger partial charge on any atom is -0.456 e. The summed E-state index contributed by atoms with van der Waals surface area (Å²) in [6.45, 7) is 2.81. The van der Waals surface area contributed by atoms with Crippen LogP contribution in [0.3, 0.4) is 0 Å². The first-order valence-corrected chi connectivity index (χ1v) is 6.76. The Labute approximate surface area is 120 Å². The summed E-state index contributed by atoms with van der Waals surface area (Å²) in [6, 6.07) is 10.4. The van der Waals surface area contributed by atoms with E-state index in [0.29, 0.717) is 10.2 Å². The van der Waals surface area contributed by atoms with E-state index in [1.807, 2.05) is 26.1 Å². The zero-order chi connectivity index (χ0) is 13.8. The van der Waals surface area contributed by atoms with Crippen LogP contribution in [0, 0.1) is 12.7 Å². The van der Waals surface area contributed by atoms with Gasteiger partial charge in [-0.2, -0.15) is 0 Å². The molecule has 0 aliphatic carbocycles. The van der Waals surface area contributed by atoms with E-state index in [1.165, 1.54) is 17.7 Å². The molecular weight excluding hydrogens is 309 g/mol. The van der Waals surface area contributed by atoms with Crippen LogP contribution in [0.5, 0.6) is 11.5 Å². The molecule has 1 N–H and O–H groups in total. The van der Waals surface area contributed by atoms with E-state index in [1.54, 1.807) is 6.07 Å². The first-order valence-electron chi connectivity index (χ1n) is 5.97. The molecule has 0 spiro atoms. The second-order valence-electron chi connectivity index (χ2n) is 4.31. The largest absolute Gasteiger partial charge is 0.456 e. The lowest BCUT2D eigenvalue weighted by molar-refractivity contribution is 0.473. The van der Waals surface area contributed by atoms with Crippen molar-refractivity contribution in [1.29, 1.82) is 0 Å². The number of rotatable bonds is 4. The Morgan fingerprint density at radius 1 is 1.16 bits per heavy atom. The number of halogens is 2. The molecule has 0 aliphatic heterocycles. The van der Waals surface area contributed by atoms with Gasteiger partial charge in [0.1, 0.15) is 17.3 Å². The molecule has 2 aromatic carbocycles. The van der Waals surface area contributed by atoms with Gasteiger partial charge in [-0.1, -0.05) is 12.1 Å². The maximum atomic E-state index is 13.0. The molecule has 2 nitrogen and oxygen atoms in total. The second-order valence-corrected chi connectivity index (χ2v) is 5.16. The Kier molecular flexibility index (Phi) is 4.56. The quantitative estimate of drug-likeness (QED) is 0.899. The number of hydrogen-bond acceptors (Lipinski definition) is 2. The highest BCUT2D eigenvalue weighted by molar-refractivity contribution is 9.10. The van der Waals surface area contributed by atoms with E-state index in [0.717, 1.165) is 17.9 Å². The predicted molar refractivity (Wildman–Crippen MR) is 78.1 cm³/mol. The van der Waals surface area contributed by atoms with Crippen LogP contribution >= 0.6 is 15.9 Å². The third kappa shape index (κ3) is 3.55. The molecule has 0 unspecified atom stereocenters. The van der Waals surface area contributed by atoms with E-state index < -0.39 is 0 Å². The van der Waals surface area contributed by atoms with Crippen molar-refractivity contribution in [3.8, 4) is 11.5 Å². The van der Waals surface area contributed by atoms with Gasteiger partial charge in [-0.05, 0) is 65.3 Å². The minimum absolute atomic E-state index is 0.291. The highest BCUT2D eigenvalue weighted by Crippen LogP contribution is 2.32. The van der Waals surface area contributed by atoms with Crippen molar-refractivity contribution in [3.05, 3.63) is 57.8 Å². The predicted octanol–water partition coefficient (Wildman–Crippen LogP) is 4.41. The van der Waals surface area contributed by atoms with Gasteiger partial charge in [0.15, 0.2) is 0 Å². The standard InChI is InChI=1S/C15H15BrFNO/c1-10-7-11(9-18-2)3-5-14(10)19-15-6-4-12(17)8-13(15)16/h3-8,18H,9H2,1-2H3. The molecule has 100 valence electrons. The molecule has 4 heteroatoms. The minimum atomic E-state index is -0.291. The Morgan fingerprint density at radius 2 is 1.89 bits per heavy atom. The van der Waals surface area contributed by atoms with Crippen molar-refractivity contribution in [3.63, 3.8) is 0 Å². The van der Waals surface area contributed by atoms with Crippen LogP contribution in [-0.2, 0) is 6.54 Å². The normalized spacial score (nSPS) is 10.5. The molecule has 0 fully saturated rings. The summed E-state index contributed by atoms with van der Waals surface area (Å²) in [5.74, 6) is 1.08. The third-order valence-corrected chi connectivity index (χ3v) is 3.35. The van der Waals surface area contributed by atoms with Gasteiger partial charge in [0.2, 0.25) is 0 Å². The van der Waals surface area contributed by atoms with Crippen molar-refractivity contribution in [2.45, 2.75) is 13.5 Å². The third-order valence-electron chi connectivity index (χ3n) is 2.73. The Hall–Kier alpha value is -1.39. The summed E-state index contributed by atoms with van der Waals surface area (Å²) in [5, 5.41) is 3.11. The molecule has 0 saturated carbocycles. The van der Waals surface area contributed by atoms with E-state index in [9.17, 15) is 4.39 Å². The molecule has 19 heavy (non-hydrogen) atoms. The summed E-state index contributed by atoms with van der Waals surface area (Å²) in [4.78, 5) is 0. The van der Waals surface area contributed by atoms with Gasteiger partial charge in [0, 0.05) is 6.54 Å². The Balaban J connectivity index is 2.23. The molecule has 0 saturated heterocycles. The number of hydrogen-bond donors (Lipinski definition) is 1. The van der Waals surface area contributed by atoms with Gasteiger partial charge in [0.05, 0.1) is 4.47 Å². The average molecular weight is 324 g/mol. The van der Waals surface area contributed by atoms with Gasteiger partial charge in [0.25, 0.3) is 0 Å². The van der Waals surface area contributed by atoms with Crippen LogP contribution in [-0.4, -0.2) is 7.05 Å². The topological polar surface area (TPSA) is 21.3 Å². The number of benzene rings is 2. The molecule has 0 aromatic heterocycles. The Morgan fingerprint density at radius 3 is 2.53 bits per heavy atom. The highest BCUT2D eigenvalue weighted by Gasteiger charge is 2.07. The lowest BCUT2D eigenvalue weighted by Crippen LogP contribution is -2.05. The lowest BCUT2D eigenvalue weighted by Gasteiger charge is -2.11. The number of aryl methyl sites for hydroxylation is 1. The van der Waals surface area contributed by atoms with Gasteiger partial charge in [-0.3, -0.25) is 0 Å². The first-order chi connectivity index (χ1) is 9.10. The van der Waals surface area contributed by atoms with Crippen molar-refractivity contribution in [1.82, 2.24) is 5.32 Å². The van der Waals surface area contributed by atoms with Crippen molar-refractivity contribution >= 4 is 15.9 Å². The van der Waals surface area contributed by atoms with Gasteiger partial charge >= 0.3 is 0 Å². The molecule has 2 rings (SSSR count). The van der Waals surface area contributed by atoms with Crippen molar-refractivity contribution in [2.75, 3.05) is 7.05 Å². The average Bonchev–Trinajstić information content (AvgIpc) is 2.36. The highest BCUT2D eigenvalue weighted by atomic mass is 79.9. The molecule has 0 heterocycles. The number of nitrogens with one attached hydrogen (secondary N) is 1. The molecule has 2 aromatic rings. The van der Waals surface area contributed by atoms with E-state index >= 15 is 0 Å². The summed E-state index contributed by atoms with van der Waals surface area (Å²) in [6.07, 6.45) is 0. The maximum absolute atomic E-state index is 13.0. The zero-order valence-corrected chi connectivity index (χ0v) is 12.4. The SMILES string of the molecule is CNCc1ccc(Oc2ccc(F)cc2Br)c(C)c1. The van der Waals surface area contributed by atoms with E-state index in [-0.39, 0.29) is 5.82 Å². The monoisotopic (exact) mass is 323 g/mol. The summed E-state index contributed by atoms with van der Waals surface area (Å²) < 4.78 is 19.4. The molecule has 0 amide bonds. The van der Waals surface area contributed by atoms with Crippen LogP contribution in [0.2, 0.25) is 0 Å². The Bertz CT molecular complexity index is 586.